The first-order chi connectivity index (χ1) is 16.5. The molecule has 0 saturated heterocycles. The predicted molar refractivity (Wildman–Crippen MR) is 131 cm³/mol. The van der Waals surface area contributed by atoms with Crippen molar-refractivity contribution in [2.24, 2.45) is 0 Å². The van der Waals surface area contributed by atoms with E-state index in [1.54, 1.807) is 36.4 Å². The molecule has 172 valence electrons. The Morgan fingerprint density at radius 2 is 1.79 bits per heavy atom. The number of hydrogen-bond donors (Lipinski definition) is 1. The highest BCUT2D eigenvalue weighted by atomic mass is 16.6. The Labute approximate surface area is 196 Å². The molecule has 0 bridgehead atoms. The molecule has 7 heteroatoms. The lowest BCUT2D eigenvalue weighted by atomic mass is 10.1. The summed E-state index contributed by atoms with van der Waals surface area (Å²) >= 11 is 0. The summed E-state index contributed by atoms with van der Waals surface area (Å²) in [7, 11) is 3.47. The van der Waals surface area contributed by atoms with Crippen LogP contribution in [0.1, 0.15) is 5.56 Å². The van der Waals surface area contributed by atoms with Gasteiger partial charge in [-0.25, -0.2) is 4.79 Å². The van der Waals surface area contributed by atoms with Gasteiger partial charge < -0.3 is 19.2 Å². The van der Waals surface area contributed by atoms with E-state index in [4.69, 9.17) is 13.9 Å². The maximum absolute atomic E-state index is 12.6. The van der Waals surface area contributed by atoms with Crippen molar-refractivity contribution < 1.29 is 18.7 Å². The number of nitrogens with one attached hydrogen (secondary N) is 1. The molecule has 0 atom stereocenters. The highest BCUT2D eigenvalue weighted by Crippen LogP contribution is 2.22. The van der Waals surface area contributed by atoms with Crippen LogP contribution in [-0.4, -0.2) is 38.2 Å². The van der Waals surface area contributed by atoms with Crippen LogP contribution < -0.4 is 20.2 Å². The summed E-state index contributed by atoms with van der Waals surface area (Å²) in [6, 6.07) is 19.7. The first kappa shape index (κ1) is 22.9. The van der Waals surface area contributed by atoms with Gasteiger partial charge in [0.25, 0.3) is 0 Å². The van der Waals surface area contributed by atoms with E-state index in [0.29, 0.717) is 46.5 Å². The van der Waals surface area contributed by atoms with Gasteiger partial charge in [0.2, 0.25) is 5.43 Å². The SMILES string of the molecule is CNC(=O)Oc1cccc(CN(C)CC#CCOc2ccc3c(=O)c4ccccc4oc3c2)c1. The van der Waals surface area contributed by atoms with Gasteiger partial charge >= 0.3 is 6.09 Å². The van der Waals surface area contributed by atoms with Crippen molar-refractivity contribution in [1.82, 2.24) is 10.2 Å². The first-order valence-electron chi connectivity index (χ1n) is 10.7. The minimum atomic E-state index is -0.502. The van der Waals surface area contributed by atoms with E-state index in [1.807, 2.05) is 42.3 Å². The molecule has 0 unspecified atom stereocenters. The van der Waals surface area contributed by atoms with Crippen LogP contribution in [-0.2, 0) is 6.54 Å². The molecule has 1 N–H and O–H groups in total. The fourth-order valence-electron chi connectivity index (χ4n) is 3.47. The lowest BCUT2D eigenvalue weighted by Crippen LogP contribution is -2.22. The van der Waals surface area contributed by atoms with Crippen molar-refractivity contribution in [2.45, 2.75) is 6.54 Å². The van der Waals surface area contributed by atoms with Crippen LogP contribution in [0.5, 0.6) is 11.5 Å². The van der Waals surface area contributed by atoms with Crippen LogP contribution in [0.4, 0.5) is 4.79 Å². The van der Waals surface area contributed by atoms with Gasteiger partial charge in [-0.2, -0.15) is 0 Å². The molecular weight excluding hydrogens is 432 g/mol. The third-order valence-electron chi connectivity index (χ3n) is 5.10. The Hall–Kier alpha value is -4.28. The Bertz CT molecular complexity index is 1450. The second-order valence-corrected chi connectivity index (χ2v) is 7.69. The number of carbonyl (C=O) groups is 1. The lowest BCUT2D eigenvalue weighted by Gasteiger charge is -2.14. The monoisotopic (exact) mass is 456 g/mol. The van der Waals surface area contributed by atoms with E-state index in [0.717, 1.165) is 5.56 Å². The van der Waals surface area contributed by atoms with E-state index in [1.165, 1.54) is 7.05 Å². The van der Waals surface area contributed by atoms with Gasteiger partial charge in [-0.1, -0.05) is 36.1 Å². The molecule has 34 heavy (non-hydrogen) atoms. The van der Waals surface area contributed by atoms with E-state index in [9.17, 15) is 9.59 Å². The van der Waals surface area contributed by atoms with Gasteiger partial charge in [0.1, 0.15) is 29.3 Å². The summed E-state index contributed by atoms with van der Waals surface area (Å²) in [4.78, 5) is 26.0. The summed E-state index contributed by atoms with van der Waals surface area (Å²) in [6.45, 7) is 1.41. The van der Waals surface area contributed by atoms with Gasteiger partial charge in [-0.3, -0.25) is 9.69 Å². The maximum atomic E-state index is 12.6. The van der Waals surface area contributed by atoms with Gasteiger partial charge in [0.05, 0.1) is 17.3 Å². The number of benzene rings is 3. The quantitative estimate of drug-likeness (QED) is 0.346. The third kappa shape index (κ3) is 5.55. The number of fused-ring (bicyclic) bond motifs is 2. The van der Waals surface area contributed by atoms with Crippen LogP contribution in [0.15, 0.2) is 75.9 Å². The van der Waals surface area contributed by atoms with E-state index >= 15 is 0 Å². The summed E-state index contributed by atoms with van der Waals surface area (Å²) in [5, 5.41) is 3.50. The average Bonchev–Trinajstić information content (AvgIpc) is 2.84. The Balaban J connectivity index is 1.32. The van der Waals surface area contributed by atoms with Crippen molar-refractivity contribution >= 4 is 28.0 Å². The summed E-state index contributed by atoms with van der Waals surface area (Å²) in [5.74, 6) is 7.16. The van der Waals surface area contributed by atoms with Gasteiger partial charge in [-0.05, 0) is 49.0 Å². The molecule has 1 heterocycles. The molecule has 3 aromatic carbocycles. The van der Waals surface area contributed by atoms with Crippen molar-refractivity contribution in [3.63, 3.8) is 0 Å². The molecular formula is C27H24N2O5. The summed E-state index contributed by atoms with van der Waals surface area (Å²) in [5.41, 5.74) is 1.98. The second-order valence-electron chi connectivity index (χ2n) is 7.69. The minimum absolute atomic E-state index is 0.0584. The number of nitrogens with zero attached hydrogens (tertiary/aromatic N) is 1. The van der Waals surface area contributed by atoms with E-state index < -0.39 is 6.09 Å². The van der Waals surface area contributed by atoms with Crippen molar-refractivity contribution in [3.05, 3.63) is 82.5 Å². The molecule has 4 rings (SSSR count). The Kier molecular flexibility index (Phi) is 7.11. The fourth-order valence-corrected chi connectivity index (χ4v) is 3.47. The smallest absolute Gasteiger partial charge is 0.412 e. The normalized spacial score (nSPS) is 10.7. The summed E-state index contributed by atoms with van der Waals surface area (Å²) < 4.78 is 16.7. The maximum Gasteiger partial charge on any atom is 0.412 e. The number of amides is 1. The zero-order valence-electron chi connectivity index (χ0n) is 19.0. The van der Waals surface area contributed by atoms with Crippen molar-refractivity contribution in [3.8, 4) is 23.3 Å². The highest BCUT2D eigenvalue weighted by molar-refractivity contribution is 5.90. The molecule has 4 aromatic rings. The molecule has 1 amide bonds. The topological polar surface area (TPSA) is 81.0 Å². The Morgan fingerprint density at radius 3 is 2.65 bits per heavy atom. The first-order valence-corrected chi connectivity index (χ1v) is 10.7. The van der Waals surface area contributed by atoms with E-state index in [2.05, 4.69) is 17.2 Å². The van der Waals surface area contributed by atoms with Crippen molar-refractivity contribution in [2.75, 3.05) is 27.2 Å². The van der Waals surface area contributed by atoms with Gasteiger partial charge in [-0.15, -0.1) is 0 Å². The minimum Gasteiger partial charge on any atom is -0.481 e. The van der Waals surface area contributed by atoms with Crippen LogP contribution in [0, 0.1) is 11.8 Å². The average molecular weight is 456 g/mol. The number of carbonyl (C=O) groups excluding carboxylic acids is 1. The third-order valence-corrected chi connectivity index (χ3v) is 5.10. The number of para-hydroxylation sites is 1. The molecule has 0 spiro atoms. The second kappa shape index (κ2) is 10.6. The van der Waals surface area contributed by atoms with Crippen LogP contribution in [0.25, 0.3) is 21.9 Å². The lowest BCUT2D eigenvalue weighted by molar-refractivity contribution is 0.203. The molecule has 0 radical (unpaired) electrons. The number of rotatable bonds is 6. The van der Waals surface area contributed by atoms with Crippen LogP contribution >= 0.6 is 0 Å². The largest absolute Gasteiger partial charge is 0.481 e. The standard InChI is InChI=1S/C27H24N2O5/c1-28-27(31)33-21-9-7-8-19(16-21)18-29(2)14-5-6-15-32-20-12-13-23-25(17-20)34-24-11-4-3-10-22(24)26(23)30/h3-4,7-13,16-17H,14-15,18H2,1-2H3,(H,28,31). The van der Waals surface area contributed by atoms with Crippen molar-refractivity contribution in [1.29, 1.82) is 0 Å². The zero-order chi connectivity index (χ0) is 23.9. The summed E-state index contributed by atoms with van der Waals surface area (Å²) in [6.07, 6.45) is -0.502. The Morgan fingerprint density at radius 1 is 0.971 bits per heavy atom. The predicted octanol–water partition coefficient (Wildman–Crippen LogP) is 4.18. The molecule has 7 nitrogen and oxygen atoms in total. The fraction of sp³-hybridized carbons (Fsp3) is 0.185. The number of ether oxygens (including phenoxy) is 2. The van der Waals surface area contributed by atoms with Gasteiger partial charge in [0, 0.05) is 19.7 Å². The van der Waals surface area contributed by atoms with Gasteiger partial charge in [0.15, 0.2) is 0 Å². The highest BCUT2D eigenvalue weighted by Gasteiger charge is 2.08. The molecule has 0 saturated carbocycles. The van der Waals surface area contributed by atoms with E-state index in [-0.39, 0.29) is 12.0 Å². The van der Waals surface area contributed by atoms with Crippen LogP contribution in [0.3, 0.4) is 0 Å². The number of hydrogen-bond acceptors (Lipinski definition) is 6. The molecule has 0 aliphatic rings. The zero-order valence-corrected chi connectivity index (χ0v) is 19.0. The molecule has 0 aliphatic heterocycles. The molecule has 0 fully saturated rings. The molecule has 0 aliphatic carbocycles. The van der Waals surface area contributed by atoms with Crippen LogP contribution in [0.2, 0.25) is 0 Å². The molecule has 1 aromatic heterocycles.